The average Bonchev–Trinajstić information content (AvgIpc) is 2.29. The van der Waals surface area contributed by atoms with E-state index < -0.39 is 0 Å². The molecule has 1 rings (SSSR count). The Morgan fingerprint density at radius 2 is 2.07 bits per heavy atom. The zero-order valence-corrected chi connectivity index (χ0v) is 9.42. The van der Waals surface area contributed by atoms with Crippen molar-refractivity contribution in [2.75, 3.05) is 20.3 Å². The molecule has 0 saturated carbocycles. The first kappa shape index (κ1) is 11.7. The van der Waals surface area contributed by atoms with Gasteiger partial charge in [-0.05, 0) is 24.4 Å². The summed E-state index contributed by atoms with van der Waals surface area (Å²) in [5.41, 5.74) is 0. The number of hydrogen-bond acceptors (Lipinski definition) is 4. The summed E-state index contributed by atoms with van der Waals surface area (Å²) in [6.07, 6.45) is 0.821. The van der Waals surface area contributed by atoms with Crippen molar-refractivity contribution in [2.24, 2.45) is 4.99 Å². The number of para-hydroxylation sites is 2. The van der Waals surface area contributed by atoms with Crippen molar-refractivity contribution < 1.29 is 9.47 Å². The van der Waals surface area contributed by atoms with Crippen LogP contribution < -0.4 is 9.47 Å². The Labute approximate surface area is 94.7 Å². The first-order chi connectivity index (χ1) is 7.38. The van der Waals surface area contributed by atoms with E-state index in [-0.39, 0.29) is 0 Å². The maximum Gasteiger partial charge on any atom is 0.161 e. The summed E-state index contributed by atoms with van der Waals surface area (Å²) >= 11 is 4.46. The first-order valence-corrected chi connectivity index (χ1v) is 5.08. The molecule has 1 aromatic carbocycles. The van der Waals surface area contributed by atoms with Crippen LogP contribution in [-0.4, -0.2) is 25.4 Å². The van der Waals surface area contributed by atoms with Crippen molar-refractivity contribution in [2.45, 2.75) is 6.42 Å². The van der Waals surface area contributed by atoms with E-state index >= 15 is 0 Å². The van der Waals surface area contributed by atoms with Crippen molar-refractivity contribution in [1.82, 2.24) is 0 Å². The molecule has 0 heterocycles. The minimum absolute atomic E-state index is 0.598. The molecule has 0 unspecified atom stereocenters. The second kappa shape index (κ2) is 6.98. The number of ether oxygens (including phenoxy) is 2. The summed E-state index contributed by atoms with van der Waals surface area (Å²) in [5, 5.41) is 2.32. The molecule has 15 heavy (non-hydrogen) atoms. The van der Waals surface area contributed by atoms with Crippen molar-refractivity contribution >= 4 is 17.4 Å². The van der Waals surface area contributed by atoms with Gasteiger partial charge in [-0.3, -0.25) is 0 Å². The fourth-order valence-electron chi connectivity index (χ4n) is 1.11. The number of benzene rings is 1. The van der Waals surface area contributed by atoms with E-state index in [0.717, 1.165) is 17.9 Å². The molecule has 0 aromatic heterocycles. The third kappa shape index (κ3) is 4.11. The Bertz CT molecular complexity index is 348. The van der Waals surface area contributed by atoms with E-state index in [0.29, 0.717) is 13.2 Å². The molecule has 0 fully saturated rings. The zero-order chi connectivity index (χ0) is 10.9. The van der Waals surface area contributed by atoms with Gasteiger partial charge in [0.2, 0.25) is 0 Å². The number of aliphatic imine (C=N–C) groups is 1. The minimum atomic E-state index is 0.598. The molecule has 0 aliphatic rings. The van der Waals surface area contributed by atoms with Crippen LogP contribution in [0.25, 0.3) is 0 Å². The highest BCUT2D eigenvalue weighted by Gasteiger charge is 2.00. The Kier molecular flexibility index (Phi) is 5.44. The summed E-state index contributed by atoms with van der Waals surface area (Å²) < 4.78 is 10.7. The molecule has 1 aromatic rings. The standard InChI is InChI=1S/C11H13NO2S/c1-13-10-5-2-3-6-11(10)14-8-4-7-12-9-15/h2-3,5-6H,4,7-8H2,1H3. The molecule has 0 spiro atoms. The van der Waals surface area contributed by atoms with E-state index in [2.05, 4.69) is 22.4 Å². The minimum Gasteiger partial charge on any atom is -0.493 e. The maximum absolute atomic E-state index is 5.53. The van der Waals surface area contributed by atoms with Crippen LogP contribution in [0, 0.1) is 0 Å². The topological polar surface area (TPSA) is 30.8 Å². The molecule has 0 atom stereocenters. The highest BCUT2D eigenvalue weighted by molar-refractivity contribution is 7.78. The van der Waals surface area contributed by atoms with Crippen LogP contribution in [0.5, 0.6) is 11.5 Å². The van der Waals surface area contributed by atoms with E-state index in [4.69, 9.17) is 9.47 Å². The van der Waals surface area contributed by atoms with E-state index in [1.807, 2.05) is 24.3 Å². The summed E-state index contributed by atoms with van der Waals surface area (Å²) in [4.78, 5) is 3.80. The average molecular weight is 223 g/mol. The molecule has 80 valence electrons. The summed E-state index contributed by atoms with van der Waals surface area (Å²) in [7, 11) is 1.62. The van der Waals surface area contributed by atoms with Crippen molar-refractivity contribution in [3.63, 3.8) is 0 Å². The van der Waals surface area contributed by atoms with E-state index in [1.54, 1.807) is 7.11 Å². The van der Waals surface area contributed by atoms with Gasteiger partial charge in [-0.15, -0.1) is 0 Å². The van der Waals surface area contributed by atoms with Gasteiger partial charge in [0.1, 0.15) is 0 Å². The van der Waals surface area contributed by atoms with Crippen molar-refractivity contribution in [1.29, 1.82) is 0 Å². The van der Waals surface area contributed by atoms with Crippen LogP contribution in [0.4, 0.5) is 0 Å². The maximum atomic E-state index is 5.53. The molecule has 3 nitrogen and oxygen atoms in total. The largest absolute Gasteiger partial charge is 0.493 e. The Hall–Kier alpha value is -1.38. The summed E-state index contributed by atoms with van der Waals surface area (Å²) in [6, 6.07) is 7.56. The molecular formula is C11H13NO2S. The molecule has 0 N–H and O–H groups in total. The van der Waals surface area contributed by atoms with Crippen molar-refractivity contribution in [3.8, 4) is 11.5 Å². The highest BCUT2D eigenvalue weighted by atomic mass is 32.1. The lowest BCUT2D eigenvalue weighted by atomic mass is 10.3. The zero-order valence-electron chi connectivity index (χ0n) is 8.60. The van der Waals surface area contributed by atoms with Gasteiger partial charge in [0.15, 0.2) is 11.5 Å². The fraction of sp³-hybridized carbons (Fsp3) is 0.364. The monoisotopic (exact) mass is 223 g/mol. The van der Waals surface area contributed by atoms with Gasteiger partial charge in [-0.1, -0.05) is 12.1 Å². The lowest BCUT2D eigenvalue weighted by molar-refractivity contribution is 0.291. The van der Waals surface area contributed by atoms with Gasteiger partial charge in [-0.2, -0.15) is 0 Å². The van der Waals surface area contributed by atoms with Gasteiger partial charge >= 0.3 is 0 Å². The predicted molar refractivity (Wildman–Crippen MR) is 63.0 cm³/mol. The molecule has 0 saturated heterocycles. The third-order valence-electron chi connectivity index (χ3n) is 1.81. The number of hydrogen-bond donors (Lipinski definition) is 0. The molecule has 0 radical (unpaired) electrons. The fourth-order valence-corrected chi connectivity index (χ4v) is 1.20. The number of methoxy groups -OCH3 is 1. The quantitative estimate of drug-likeness (QED) is 0.422. The highest BCUT2D eigenvalue weighted by Crippen LogP contribution is 2.25. The second-order valence-corrected chi connectivity index (χ2v) is 3.01. The molecule has 0 aliphatic carbocycles. The molecule has 0 amide bonds. The van der Waals surface area contributed by atoms with E-state index in [1.165, 1.54) is 0 Å². The van der Waals surface area contributed by atoms with Crippen LogP contribution in [0.3, 0.4) is 0 Å². The van der Waals surface area contributed by atoms with Crippen molar-refractivity contribution in [3.05, 3.63) is 24.3 Å². The van der Waals surface area contributed by atoms with Crippen LogP contribution >= 0.6 is 12.2 Å². The predicted octanol–water partition coefficient (Wildman–Crippen LogP) is 2.57. The SMILES string of the molecule is COc1ccccc1OCCCN=C=S. The van der Waals surface area contributed by atoms with Gasteiger partial charge in [0.05, 0.1) is 25.4 Å². The smallest absolute Gasteiger partial charge is 0.161 e. The van der Waals surface area contributed by atoms with Crippen LogP contribution in [0.15, 0.2) is 29.3 Å². The van der Waals surface area contributed by atoms with Gasteiger partial charge < -0.3 is 9.47 Å². The molecule has 0 aliphatic heterocycles. The summed E-state index contributed by atoms with van der Waals surface area (Å²) in [6.45, 7) is 1.25. The molecule has 4 heteroatoms. The summed E-state index contributed by atoms with van der Waals surface area (Å²) in [5.74, 6) is 1.50. The van der Waals surface area contributed by atoms with Gasteiger partial charge in [0, 0.05) is 6.42 Å². The van der Waals surface area contributed by atoms with Gasteiger partial charge in [-0.25, -0.2) is 4.99 Å². The second-order valence-electron chi connectivity index (χ2n) is 2.83. The Morgan fingerprint density at radius 3 is 2.73 bits per heavy atom. The lowest BCUT2D eigenvalue weighted by Crippen LogP contribution is -2.00. The third-order valence-corrected chi connectivity index (χ3v) is 1.93. The molecular weight excluding hydrogens is 210 g/mol. The Balaban J connectivity index is 2.39. The lowest BCUT2D eigenvalue weighted by Gasteiger charge is -2.09. The van der Waals surface area contributed by atoms with E-state index in [9.17, 15) is 0 Å². The normalized spacial score (nSPS) is 9.13. The van der Waals surface area contributed by atoms with Crippen LogP contribution in [-0.2, 0) is 0 Å². The number of rotatable bonds is 6. The van der Waals surface area contributed by atoms with Crippen LogP contribution in [0.1, 0.15) is 6.42 Å². The Morgan fingerprint density at radius 1 is 1.33 bits per heavy atom. The number of nitrogens with zero attached hydrogens (tertiary/aromatic N) is 1. The molecule has 0 bridgehead atoms. The van der Waals surface area contributed by atoms with Crippen LogP contribution in [0.2, 0.25) is 0 Å². The first-order valence-electron chi connectivity index (χ1n) is 4.68. The number of thiocarbonyl (C=S) groups is 1. The number of isothiocyanates is 1. The van der Waals surface area contributed by atoms with Gasteiger partial charge in [0.25, 0.3) is 0 Å².